The van der Waals surface area contributed by atoms with Crippen LogP contribution in [0.15, 0.2) is 29.1 Å². The zero-order valence-corrected chi connectivity index (χ0v) is 9.62. The summed E-state index contributed by atoms with van der Waals surface area (Å²) < 4.78 is 2.78. The van der Waals surface area contributed by atoms with Crippen LogP contribution in [0.1, 0.15) is 5.56 Å². The fraction of sp³-hybridized carbons (Fsp3) is 0.200. The molecule has 2 aromatic rings. The second kappa shape index (κ2) is 3.53. The Morgan fingerprint density at radius 1 is 1.43 bits per heavy atom. The van der Waals surface area contributed by atoms with Crippen LogP contribution in [0.4, 0.5) is 0 Å². The molecule has 0 unspecified atom stereocenters. The summed E-state index contributed by atoms with van der Waals surface area (Å²) in [4.78, 5) is 4.10. The molecule has 0 saturated heterocycles. The van der Waals surface area contributed by atoms with Gasteiger partial charge >= 0.3 is 0 Å². The molecule has 2 rings (SSSR count). The summed E-state index contributed by atoms with van der Waals surface area (Å²) in [5.74, 6) is 0. The van der Waals surface area contributed by atoms with Crippen LogP contribution < -0.4 is 0 Å². The van der Waals surface area contributed by atoms with Crippen molar-refractivity contribution in [2.45, 2.75) is 6.92 Å². The molecule has 0 N–H and O–H groups in total. The van der Waals surface area contributed by atoms with Crippen molar-refractivity contribution >= 4 is 15.9 Å². The van der Waals surface area contributed by atoms with Crippen molar-refractivity contribution in [2.24, 2.45) is 7.05 Å². The lowest BCUT2D eigenvalue weighted by atomic mass is 10.1. The van der Waals surface area contributed by atoms with E-state index in [0.29, 0.717) is 0 Å². The Labute approximate surface area is 90.9 Å². The van der Waals surface area contributed by atoms with Gasteiger partial charge < -0.3 is 0 Å². The van der Waals surface area contributed by atoms with Gasteiger partial charge in [-0.15, -0.1) is 0 Å². The third-order valence-electron chi connectivity index (χ3n) is 2.08. The van der Waals surface area contributed by atoms with Crippen LogP contribution in [0.25, 0.3) is 11.3 Å². The van der Waals surface area contributed by atoms with Gasteiger partial charge in [0.1, 0.15) is 5.69 Å². The van der Waals surface area contributed by atoms with E-state index in [4.69, 9.17) is 0 Å². The Bertz CT molecular complexity index is 462. The summed E-state index contributed by atoms with van der Waals surface area (Å²) in [6.45, 7) is 2.05. The lowest BCUT2D eigenvalue weighted by Gasteiger charge is -2.00. The predicted molar refractivity (Wildman–Crippen MR) is 58.9 cm³/mol. The third-order valence-corrected chi connectivity index (χ3v) is 2.66. The van der Waals surface area contributed by atoms with E-state index in [2.05, 4.69) is 32.9 Å². The van der Waals surface area contributed by atoms with Gasteiger partial charge in [-0.05, 0) is 34.5 Å². The van der Waals surface area contributed by atoms with Gasteiger partial charge in [-0.3, -0.25) is 9.67 Å². The zero-order chi connectivity index (χ0) is 10.1. The van der Waals surface area contributed by atoms with Crippen LogP contribution in [0, 0.1) is 6.92 Å². The summed E-state index contributed by atoms with van der Waals surface area (Å²) in [5.41, 5.74) is 3.19. The lowest BCUT2D eigenvalue weighted by Crippen LogP contribution is -1.90. The van der Waals surface area contributed by atoms with Gasteiger partial charge in [-0.1, -0.05) is 0 Å². The minimum Gasteiger partial charge on any atom is -0.274 e. The van der Waals surface area contributed by atoms with Gasteiger partial charge in [0.2, 0.25) is 0 Å². The average Bonchev–Trinajstić information content (AvgIpc) is 2.46. The molecule has 0 aliphatic heterocycles. The number of aryl methyl sites for hydroxylation is 2. The first-order valence-corrected chi connectivity index (χ1v) is 5.08. The lowest BCUT2D eigenvalue weighted by molar-refractivity contribution is 0.770. The highest BCUT2D eigenvalue weighted by atomic mass is 79.9. The molecule has 2 aromatic heterocycles. The number of rotatable bonds is 1. The topological polar surface area (TPSA) is 30.7 Å². The minimum absolute atomic E-state index is 0.943. The molecule has 72 valence electrons. The van der Waals surface area contributed by atoms with E-state index in [1.54, 1.807) is 10.9 Å². The van der Waals surface area contributed by atoms with E-state index in [1.807, 2.05) is 25.5 Å². The highest BCUT2D eigenvalue weighted by Crippen LogP contribution is 2.27. The molecule has 0 amide bonds. The van der Waals surface area contributed by atoms with Crippen molar-refractivity contribution < 1.29 is 0 Å². The molecular weight excluding hydrogens is 242 g/mol. The van der Waals surface area contributed by atoms with Crippen molar-refractivity contribution in [2.75, 3.05) is 0 Å². The number of aromatic nitrogens is 3. The van der Waals surface area contributed by atoms with E-state index in [-0.39, 0.29) is 0 Å². The van der Waals surface area contributed by atoms with Crippen molar-refractivity contribution in [3.8, 4) is 11.3 Å². The highest BCUT2D eigenvalue weighted by Gasteiger charge is 2.09. The van der Waals surface area contributed by atoms with Crippen LogP contribution in [0.5, 0.6) is 0 Å². The Kier molecular flexibility index (Phi) is 2.37. The smallest absolute Gasteiger partial charge is 0.108 e. The van der Waals surface area contributed by atoms with Crippen LogP contribution in [0.3, 0.4) is 0 Å². The molecular formula is C10H10BrN3. The van der Waals surface area contributed by atoms with Crippen molar-refractivity contribution in [3.63, 3.8) is 0 Å². The Hall–Kier alpha value is -1.16. The second-order valence-electron chi connectivity index (χ2n) is 3.19. The van der Waals surface area contributed by atoms with Crippen molar-refractivity contribution in [1.29, 1.82) is 0 Å². The molecule has 0 aliphatic rings. The first-order valence-electron chi connectivity index (χ1n) is 4.28. The van der Waals surface area contributed by atoms with E-state index >= 15 is 0 Å². The standard InChI is InChI=1S/C10H10BrN3/c1-7-3-4-12-5-8(7)10-9(11)6-14(2)13-10/h3-6H,1-2H3. The highest BCUT2D eigenvalue weighted by molar-refractivity contribution is 9.10. The molecule has 0 aliphatic carbocycles. The van der Waals surface area contributed by atoms with E-state index in [0.717, 1.165) is 15.7 Å². The molecule has 0 saturated carbocycles. The monoisotopic (exact) mass is 251 g/mol. The quantitative estimate of drug-likeness (QED) is 0.780. The van der Waals surface area contributed by atoms with E-state index in [9.17, 15) is 0 Å². The molecule has 14 heavy (non-hydrogen) atoms. The minimum atomic E-state index is 0.943. The van der Waals surface area contributed by atoms with Gasteiger partial charge in [-0.25, -0.2) is 0 Å². The fourth-order valence-electron chi connectivity index (χ4n) is 1.35. The first kappa shape index (κ1) is 9.40. The van der Waals surface area contributed by atoms with Crippen LogP contribution in [-0.2, 0) is 7.05 Å². The number of nitrogens with zero attached hydrogens (tertiary/aromatic N) is 3. The number of pyridine rings is 1. The molecule has 3 nitrogen and oxygen atoms in total. The maximum Gasteiger partial charge on any atom is 0.108 e. The van der Waals surface area contributed by atoms with Crippen LogP contribution in [-0.4, -0.2) is 14.8 Å². The fourth-order valence-corrected chi connectivity index (χ4v) is 1.94. The normalized spacial score (nSPS) is 10.5. The molecule has 0 fully saturated rings. The number of hydrogen-bond acceptors (Lipinski definition) is 2. The molecule has 2 heterocycles. The molecule has 4 heteroatoms. The van der Waals surface area contributed by atoms with Crippen molar-refractivity contribution in [3.05, 3.63) is 34.7 Å². The Morgan fingerprint density at radius 2 is 2.21 bits per heavy atom. The summed E-state index contributed by atoms with van der Waals surface area (Å²) >= 11 is 3.48. The van der Waals surface area contributed by atoms with Gasteiger partial charge in [0.15, 0.2) is 0 Å². The van der Waals surface area contributed by atoms with Gasteiger partial charge in [0, 0.05) is 31.2 Å². The van der Waals surface area contributed by atoms with Crippen LogP contribution in [0.2, 0.25) is 0 Å². The summed E-state index contributed by atoms with van der Waals surface area (Å²) in [6, 6.07) is 1.98. The Morgan fingerprint density at radius 3 is 2.79 bits per heavy atom. The van der Waals surface area contributed by atoms with E-state index < -0.39 is 0 Å². The SMILES string of the molecule is Cc1ccncc1-c1nn(C)cc1Br. The summed E-state index contributed by atoms with van der Waals surface area (Å²) in [5, 5.41) is 4.37. The molecule has 0 bridgehead atoms. The maximum absolute atomic E-state index is 4.37. The average molecular weight is 252 g/mol. The third kappa shape index (κ3) is 1.57. The molecule has 0 radical (unpaired) electrons. The summed E-state index contributed by atoms with van der Waals surface area (Å²) in [7, 11) is 1.90. The maximum atomic E-state index is 4.37. The number of hydrogen-bond donors (Lipinski definition) is 0. The molecule has 0 aromatic carbocycles. The van der Waals surface area contributed by atoms with Crippen molar-refractivity contribution in [1.82, 2.24) is 14.8 Å². The molecule has 0 spiro atoms. The molecule has 0 atom stereocenters. The summed E-state index contributed by atoms with van der Waals surface area (Å²) in [6.07, 6.45) is 5.56. The van der Waals surface area contributed by atoms with Crippen LogP contribution >= 0.6 is 15.9 Å². The van der Waals surface area contributed by atoms with Gasteiger partial charge in [0.05, 0.1) is 4.47 Å². The second-order valence-corrected chi connectivity index (χ2v) is 4.04. The van der Waals surface area contributed by atoms with Gasteiger partial charge in [-0.2, -0.15) is 5.10 Å². The largest absolute Gasteiger partial charge is 0.274 e. The number of halogens is 1. The predicted octanol–water partition coefficient (Wildman–Crippen LogP) is 2.55. The van der Waals surface area contributed by atoms with E-state index in [1.165, 1.54) is 5.56 Å². The van der Waals surface area contributed by atoms with Gasteiger partial charge in [0.25, 0.3) is 0 Å². The Balaban J connectivity index is 2.60. The zero-order valence-electron chi connectivity index (χ0n) is 8.03. The first-order chi connectivity index (χ1) is 6.68.